The molecule has 0 fully saturated rings. The van der Waals surface area contributed by atoms with Gasteiger partial charge in [0.15, 0.2) is 5.11 Å². The third-order valence-electron chi connectivity index (χ3n) is 2.80. The Balaban J connectivity index is 1.97. The number of thiocarbonyl (C=S) groups is 1. The maximum atomic E-state index is 12.8. The van der Waals surface area contributed by atoms with Crippen molar-refractivity contribution in [2.24, 2.45) is 0 Å². The van der Waals surface area contributed by atoms with Crippen LogP contribution in [0, 0.1) is 5.82 Å². The molecule has 3 N–H and O–H groups in total. The van der Waals surface area contributed by atoms with Crippen LogP contribution < -0.4 is 16.0 Å². The fraction of sp³-hybridized carbons (Fsp3) is 0.0625. The fourth-order valence-corrected chi connectivity index (χ4v) is 2.03. The smallest absolute Gasteiger partial charge is 0.255 e. The number of anilines is 2. The van der Waals surface area contributed by atoms with Gasteiger partial charge in [0.1, 0.15) is 5.82 Å². The minimum Gasteiger partial charge on any atom is -0.332 e. The predicted octanol–water partition coefficient (Wildman–Crippen LogP) is 2.91. The van der Waals surface area contributed by atoms with Gasteiger partial charge in [0.25, 0.3) is 5.91 Å². The largest absolute Gasteiger partial charge is 0.332 e. The molecule has 0 atom stereocenters. The lowest BCUT2D eigenvalue weighted by Crippen LogP contribution is -2.32. The summed E-state index contributed by atoms with van der Waals surface area (Å²) in [6.07, 6.45) is 0. The van der Waals surface area contributed by atoms with Crippen molar-refractivity contribution in [3.8, 4) is 0 Å². The Bertz CT molecular complexity index is 730. The Kier molecular flexibility index (Phi) is 5.37. The van der Waals surface area contributed by atoms with Crippen LogP contribution in [0.15, 0.2) is 48.5 Å². The lowest BCUT2D eigenvalue weighted by molar-refractivity contribution is -0.117. The summed E-state index contributed by atoms with van der Waals surface area (Å²) in [5.41, 5.74) is 1.61. The van der Waals surface area contributed by atoms with E-state index < -0.39 is 5.82 Å². The summed E-state index contributed by atoms with van der Waals surface area (Å²) in [5, 5.41) is 8.18. The van der Waals surface area contributed by atoms with Gasteiger partial charge in [0.05, 0.1) is 0 Å². The molecular formula is C16H14FN3O2S. The van der Waals surface area contributed by atoms with Gasteiger partial charge in [-0.1, -0.05) is 0 Å². The van der Waals surface area contributed by atoms with Gasteiger partial charge in [0.2, 0.25) is 5.91 Å². The number of amides is 2. The number of hydrogen-bond donors (Lipinski definition) is 3. The summed E-state index contributed by atoms with van der Waals surface area (Å²) in [6.45, 7) is 1.36. The molecule has 2 aromatic carbocycles. The maximum absolute atomic E-state index is 12.8. The maximum Gasteiger partial charge on any atom is 0.255 e. The summed E-state index contributed by atoms with van der Waals surface area (Å²) in [7, 11) is 0. The summed E-state index contributed by atoms with van der Waals surface area (Å²) in [5.74, 6) is -0.989. The van der Waals surface area contributed by atoms with Crippen LogP contribution in [0.25, 0.3) is 0 Å². The van der Waals surface area contributed by atoms with E-state index in [0.717, 1.165) is 0 Å². The van der Waals surface area contributed by atoms with Crippen LogP contribution in [0.4, 0.5) is 15.8 Å². The van der Waals surface area contributed by atoms with Gasteiger partial charge in [-0.2, -0.15) is 0 Å². The molecule has 118 valence electrons. The first-order chi connectivity index (χ1) is 10.9. The van der Waals surface area contributed by atoms with Crippen molar-refractivity contribution in [2.45, 2.75) is 6.92 Å². The Morgan fingerprint density at radius 1 is 0.913 bits per heavy atom. The molecule has 5 nitrogen and oxygen atoms in total. The molecule has 2 amide bonds. The quantitative estimate of drug-likeness (QED) is 0.757. The van der Waals surface area contributed by atoms with Crippen molar-refractivity contribution in [1.82, 2.24) is 5.32 Å². The van der Waals surface area contributed by atoms with Crippen molar-refractivity contribution >= 4 is 40.5 Å². The molecule has 0 heterocycles. The van der Waals surface area contributed by atoms with Gasteiger partial charge in [-0.05, 0) is 60.7 Å². The highest BCUT2D eigenvalue weighted by Gasteiger charge is 2.06. The van der Waals surface area contributed by atoms with E-state index in [1.54, 1.807) is 24.3 Å². The molecule has 0 saturated carbocycles. The van der Waals surface area contributed by atoms with Crippen LogP contribution in [0.2, 0.25) is 0 Å². The number of benzene rings is 2. The van der Waals surface area contributed by atoms with E-state index in [0.29, 0.717) is 16.9 Å². The molecule has 0 saturated heterocycles. The van der Waals surface area contributed by atoms with E-state index >= 15 is 0 Å². The van der Waals surface area contributed by atoms with Crippen LogP contribution in [0.3, 0.4) is 0 Å². The Hall–Kier alpha value is -2.80. The minimum atomic E-state index is -0.396. The van der Waals surface area contributed by atoms with E-state index in [9.17, 15) is 14.0 Å². The normalized spacial score (nSPS) is 9.83. The third kappa shape index (κ3) is 5.15. The Morgan fingerprint density at radius 3 is 1.96 bits per heavy atom. The van der Waals surface area contributed by atoms with Crippen molar-refractivity contribution in [3.63, 3.8) is 0 Å². The van der Waals surface area contributed by atoms with E-state index in [-0.39, 0.29) is 16.9 Å². The number of rotatable bonds is 3. The second-order valence-corrected chi connectivity index (χ2v) is 5.08. The van der Waals surface area contributed by atoms with E-state index in [1.807, 2.05) is 0 Å². The zero-order chi connectivity index (χ0) is 16.8. The number of nitrogens with one attached hydrogen (secondary N) is 3. The molecule has 0 spiro atoms. The molecule has 2 rings (SSSR count). The molecule has 0 aromatic heterocycles. The van der Waals surface area contributed by atoms with Crippen LogP contribution in [0.5, 0.6) is 0 Å². The Labute approximate surface area is 137 Å². The third-order valence-corrected chi connectivity index (χ3v) is 3.00. The van der Waals surface area contributed by atoms with E-state index in [1.165, 1.54) is 31.2 Å². The molecule has 0 aliphatic heterocycles. The lowest BCUT2D eigenvalue weighted by atomic mass is 10.2. The topological polar surface area (TPSA) is 70.2 Å². The number of carbonyl (C=O) groups excluding carboxylic acids is 2. The van der Waals surface area contributed by atoms with Gasteiger partial charge >= 0.3 is 0 Å². The summed E-state index contributed by atoms with van der Waals surface area (Å²) < 4.78 is 12.8. The van der Waals surface area contributed by atoms with Gasteiger partial charge < -0.3 is 16.0 Å². The molecule has 7 heteroatoms. The van der Waals surface area contributed by atoms with Crippen molar-refractivity contribution in [2.75, 3.05) is 10.6 Å². The molecule has 23 heavy (non-hydrogen) atoms. The zero-order valence-electron chi connectivity index (χ0n) is 12.2. The average molecular weight is 331 g/mol. The monoisotopic (exact) mass is 331 g/mol. The molecule has 0 bridgehead atoms. The highest BCUT2D eigenvalue weighted by Crippen LogP contribution is 2.15. The summed E-state index contributed by atoms with van der Waals surface area (Å²) in [4.78, 5) is 22.9. The highest BCUT2D eigenvalue weighted by atomic mass is 32.1. The first-order valence-corrected chi connectivity index (χ1v) is 7.10. The van der Waals surface area contributed by atoms with Gasteiger partial charge in [0, 0.05) is 23.9 Å². The predicted molar refractivity (Wildman–Crippen MR) is 90.8 cm³/mol. The SMILES string of the molecule is CC(=O)NC(=S)Nc1ccc(NC(=O)c2ccc(F)cc2)cc1. The molecule has 0 radical (unpaired) electrons. The van der Waals surface area contributed by atoms with Crippen LogP contribution >= 0.6 is 12.2 Å². The number of carbonyl (C=O) groups is 2. The fourth-order valence-electron chi connectivity index (χ4n) is 1.76. The first-order valence-electron chi connectivity index (χ1n) is 6.69. The standard InChI is InChI=1S/C16H14FN3O2S/c1-10(21)18-16(23)20-14-8-6-13(7-9-14)19-15(22)11-2-4-12(17)5-3-11/h2-9H,1H3,(H,19,22)(H2,18,20,21,23). The van der Waals surface area contributed by atoms with Crippen molar-refractivity contribution in [1.29, 1.82) is 0 Å². The van der Waals surface area contributed by atoms with Crippen LogP contribution in [-0.4, -0.2) is 16.9 Å². The van der Waals surface area contributed by atoms with E-state index in [4.69, 9.17) is 12.2 Å². The summed E-state index contributed by atoms with van der Waals surface area (Å²) >= 11 is 4.95. The lowest BCUT2D eigenvalue weighted by Gasteiger charge is -2.09. The second kappa shape index (κ2) is 7.46. The van der Waals surface area contributed by atoms with Crippen molar-refractivity contribution < 1.29 is 14.0 Å². The molecule has 2 aromatic rings. The zero-order valence-corrected chi connectivity index (χ0v) is 13.0. The molecule has 0 aliphatic rings. The van der Waals surface area contributed by atoms with Crippen LogP contribution in [-0.2, 0) is 4.79 Å². The van der Waals surface area contributed by atoms with E-state index in [2.05, 4.69) is 16.0 Å². The average Bonchev–Trinajstić information content (AvgIpc) is 2.49. The number of hydrogen-bond acceptors (Lipinski definition) is 3. The summed E-state index contributed by atoms with van der Waals surface area (Å²) in [6, 6.07) is 12.0. The first kappa shape index (κ1) is 16.6. The molecule has 0 aliphatic carbocycles. The van der Waals surface area contributed by atoms with Gasteiger partial charge in [-0.3, -0.25) is 9.59 Å². The highest BCUT2D eigenvalue weighted by molar-refractivity contribution is 7.80. The van der Waals surface area contributed by atoms with Crippen LogP contribution in [0.1, 0.15) is 17.3 Å². The number of halogens is 1. The molecule has 0 unspecified atom stereocenters. The van der Waals surface area contributed by atoms with Crippen molar-refractivity contribution in [3.05, 3.63) is 59.9 Å². The Morgan fingerprint density at radius 2 is 1.43 bits per heavy atom. The molecular weight excluding hydrogens is 317 g/mol. The second-order valence-electron chi connectivity index (χ2n) is 4.67. The minimum absolute atomic E-state index is 0.195. The van der Waals surface area contributed by atoms with Gasteiger partial charge in [-0.15, -0.1) is 0 Å². The van der Waals surface area contributed by atoms with Gasteiger partial charge in [-0.25, -0.2) is 4.39 Å².